The molecule has 1 amide bonds. The maximum absolute atomic E-state index is 15.8. The number of nitrogens with zero attached hydrogens (tertiary/aromatic N) is 7. The summed E-state index contributed by atoms with van der Waals surface area (Å²) in [6.07, 6.45) is 7.23. The van der Waals surface area contributed by atoms with Crippen LogP contribution in [-0.2, 0) is 11.2 Å². The Hall–Kier alpha value is -5.04. The van der Waals surface area contributed by atoms with Crippen LogP contribution >= 0.6 is 0 Å². The zero-order valence-electron chi connectivity index (χ0n) is 27.1. The first-order chi connectivity index (χ1) is 23.7. The lowest BCUT2D eigenvalue weighted by Crippen LogP contribution is -2.54. The van der Waals surface area contributed by atoms with E-state index in [1.807, 2.05) is 66.4 Å². The van der Waals surface area contributed by atoms with Crippen LogP contribution in [0.3, 0.4) is 0 Å². The maximum atomic E-state index is 15.8. The van der Waals surface area contributed by atoms with Gasteiger partial charge in [0, 0.05) is 43.3 Å². The number of fused-ring (bicyclic) bond motifs is 2. The summed E-state index contributed by atoms with van der Waals surface area (Å²) in [7, 11) is 0. The normalized spacial score (nSPS) is 22.4. The number of allylic oxidation sites excluding steroid dienone is 1. The van der Waals surface area contributed by atoms with Crippen molar-refractivity contribution in [2.45, 2.75) is 69.8 Å². The van der Waals surface area contributed by atoms with Crippen molar-refractivity contribution in [1.29, 1.82) is 0 Å². The number of anilines is 2. The van der Waals surface area contributed by atoms with Crippen molar-refractivity contribution in [2.24, 2.45) is 11.0 Å². The summed E-state index contributed by atoms with van der Waals surface area (Å²) >= 11 is 0. The molecule has 1 saturated heterocycles. The maximum Gasteiger partial charge on any atom is 0.258 e. The summed E-state index contributed by atoms with van der Waals surface area (Å²) in [5, 5.41) is 9.71. The fourth-order valence-corrected chi connectivity index (χ4v) is 6.79. The fourth-order valence-electron chi connectivity index (χ4n) is 6.79. The van der Waals surface area contributed by atoms with E-state index in [0.29, 0.717) is 52.2 Å². The number of imidazole rings is 1. The predicted octanol–water partition coefficient (Wildman–Crippen LogP) is 6.14. The van der Waals surface area contributed by atoms with E-state index in [-0.39, 0.29) is 25.4 Å². The van der Waals surface area contributed by atoms with Gasteiger partial charge in [-0.05, 0) is 92.1 Å². The highest BCUT2D eigenvalue weighted by Crippen LogP contribution is 2.39. The molecule has 13 heteroatoms. The highest BCUT2D eigenvalue weighted by molar-refractivity contribution is 5.87. The summed E-state index contributed by atoms with van der Waals surface area (Å²) in [4.78, 5) is 27.6. The van der Waals surface area contributed by atoms with Gasteiger partial charge in [0.2, 0.25) is 5.91 Å². The number of hydrogen-bond acceptors (Lipinski definition) is 8. The minimum Gasteiger partial charge on any atom is -0.383 e. The van der Waals surface area contributed by atoms with Crippen LogP contribution in [0.15, 0.2) is 78.7 Å². The second-order valence-corrected chi connectivity index (χ2v) is 12.8. The summed E-state index contributed by atoms with van der Waals surface area (Å²) in [6, 6.07) is 10.8. The van der Waals surface area contributed by atoms with Gasteiger partial charge >= 0.3 is 0 Å². The number of piperidine rings is 1. The van der Waals surface area contributed by atoms with Gasteiger partial charge in [-0.1, -0.05) is 18.7 Å². The predicted molar refractivity (Wildman–Crippen MR) is 184 cm³/mol. The van der Waals surface area contributed by atoms with Crippen molar-refractivity contribution >= 4 is 34.9 Å². The molecule has 4 unspecified atom stereocenters. The van der Waals surface area contributed by atoms with Crippen LogP contribution in [0.1, 0.15) is 49.8 Å². The van der Waals surface area contributed by atoms with Crippen molar-refractivity contribution in [3.05, 3.63) is 84.7 Å². The van der Waals surface area contributed by atoms with Crippen molar-refractivity contribution in [1.82, 2.24) is 29.7 Å². The SMILES string of the molecule is C=CC(=O)N1CCC(NC2c3ccc(-n4c(-c5cccnc5N)nc5ccc(N(/C=C\C)/N=C/C6CC6)nc54)cc3CC2F)CC1C(F)F. The molecule has 49 heavy (non-hydrogen) atoms. The second kappa shape index (κ2) is 13.5. The number of aromatic nitrogens is 4. The third kappa shape index (κ3) is 6.42. The average molecular weight is 670 g/mol. The number of carbonyl (C=O) groups is 1. The number of likely N-dealkylation sites (tertiary alicyclic amines) is 1. The molecule has 4 atom stereocenters. The lowest BCUT2D eigenvalue weighted by atomic mass is 9.95. The van der Waals surface area contributed by atoms with E-state index in [1.165, 1.54) is 0 Å². The molecule has 1 aromatic carbocycles. The lowest BCUT2D eigenvalue weighted by Gasteiger charge is -2.40. The molecule has 3 aliphatic rings. The topological polar surface area (TPSA) is 118 Å². The summed E-state index contributed by atoms with van der Waals surface area (Å²) in [6.45, 7) is 5.50. The van der Waals surface area contributed by atoms with E-state index < -0.39 is 30.6 Å². The number of carbonyl (C=O) groups excluding carboxylic acids is 1. The number of nitrogens with two attached hydrogens (primary N) is 1. The minimum atomic E-state index is -2.72. The molecule has 2 fully saturated rings. The quantitative estimate of drug-likeness (QED) is 0.118. The number of alkyl halides is 3. The molecule has 7 rings (SSSR count). The van der Waals surface area contributed by atoms with Gasteiger partial charge < -0.3 is 16.0 Å². The highest BCUT2D eigenvalue weighted by Gasteiger charge is 2.40. The molecule has 10 nitrogen and oxygen atoms in total. The minimum absolute atomic E-state index is 0.0216. The number of benzene rings is 1. The molecule has 4 aromatic rings. The van der Waals surface area contributed by atoms with Gasteiger partial charge in [0.05, 0.1) is 17.6 Å². The van der Waals surface area contributed by atoms with Crippen molar-refractivity contribution in [3.8, 4) is 17.1 Å². The van der Waals surface area contributed by atoms with E-state index in [0.717, 1.165) is 34.9 Å². The van der Waals surface area contributed by atoms with Gasteiger partial charge in [-0.15, -0.1) is 0 Å². The number of hydrogen-bond donors (Lipinski definition) is 2. The Morgan fingerprint density at radius 2 is 2.02 bits per heavy atom. The zero-order valence-corrected chi connectivity index (χ0v) is 27.1. The van der Waals surface area contributed by atoms with Gasteiger partial charge in [0.1, 0.15) is 17.5 Å². The first-order valence-electron chi connectivity index (χ1n) is 16.6. The first-order valence-corrected chi connectivity index (χ1v) is 16.6. The highest BCUT2D eigenvalue weighted by atomic mass is 19.3. The molecule has 1 aliphatic heterocycles. The van der Waals surface area contributed by atoms with Gasteiger partial charge in [-0.2, -0.15) is 5.10 Å². The van der Waals surface area contributed by atoms with Crippen LogP contribution in [0.4, 0.5) is 24.8 Å². The number of nitrogens with one attached hydrogen (secondary N) is 1. The Morgan fingerprint density at radius 1 is 1.18 bits per heavy atom. The molecule has 0 spiro atoms. The molecule has 0 bridgehead atoms. The molecule has 0 radical (unpaired) electrons. The van der Waals surface area contributed by atoms with E-state index in [4.69, 9.17) is 15.7 Å². The molecule has 2 aliphatic carbocycles. The van der Waals surface area contributed by atoms with E-state index >= 15 is 4.39 Å². The number of hydrazone groups is 1. The first kappa shape index (κ1) is 32.5. The van der Waals surface area contributed by atoms with Crippen molar-refractivity contribution in [3.63, 3.8) is 0 Å². The molecule has 4 heterocycles. The average Bonchev–Trinajstić information content (AvgIpc) is 3.79. The summed E-state index contributed by atoms with van der Waals surface area (Å²) in [5.41, 5.74) is 10.4. The van der Waals surface area contributed by atoms with Crippen LogP contribution in [-0.4, -0.2) is 67.8 Å². The van der Waals surface area contributed by atoms with E-state index in [1.54, 1.807) is 17.3 Å². The lowest BCUT2D eigenvalue weighted by molar-refractivity contribution is -0.134. The van der Waals surface area contributed by atoms with Crippen LogP contribution in [0.5, 0.6) is 0 Å². The molecule has 1 saturated carbocycles. The smallest absolute Gasteiger partial charge is 0.258 e. The molecular formula is C36H38F3N9O. The Balaban J connectivity index is 1.24. The van der Waals surface area contributed by atoms with Crippen molar-refractivity contribution < 1.29 is 18.0 Å². The fraction of sp³-hybridized carbons (Fsp3) is 0.361. The summed E-state index contributed by atoms with van der Waals surface area (Å²) < 4.78 is 45.6. The van der Waals surface area contributed by atoms with Crippen LogP contribution in [0.25, 0.3) is 28.2 Å². The van der Waals surface area contributed by atoms with Gasteiger partial charge in [-0.25, -0.2) is 33.1 Å². The van der Waals surface area contributed by atoms with Crippen LogP contribution in [0.2, 0.25) is 0 Å². The van der Waals surface area contributed by atoms with E-state index in [9.17, 15) is 13.6 Å². The largest absolute Gasteiger partial charge is 0.383 e. The zero-order chi connectivity index (χ0) is 34.2. The van der Waals surface area contributed by atoms with Crippen LogP contribution in [0, 0.1) is 5.92 Å². The Kier molecular flexibility index (Phi) is 8.93. The number of halogens is 3. The molecule has 254 valence electrons. The van der Waals surface area contributed by atoms with Gasteiger partial charge in [-0.3, -0.25) is 9.36 Å². The number of pyridine rings is 2. The van der Waals surface area contributed by atoms with E-state index in [2.05, 4.69) is 22.0 Å². The number of nitrogen functional groups attached to an aromatic ring is 1. The molecule has 3 aromatic heterocycles. The third-order valence-corrected chi connectivity index (χ3v) is 9.42. The molecular weight excluding hydrogens is 631 g/mol. The van der Waals surface area contributed by atoms with Gasteiger partial charge in [0.15, 0.2) is 17.3 Å². The number of amides is 1. The standard InChI is InChI=1S/C36H38F3N9O/c1-3-15-47(42-20-21-7-8-21)30-12-11-28-36(45-30)48(35(44-28)26-6-5-14-41-34(26)40)24-9-10-25-22(17-24)18-27(37)32(25)43-23-13-16-46(31(49)4-2)29(19-23)33(38)39/h3-6,9-12,14-15,17,20-21,23,27,29,32-33,43H,2,7-8,13,16,18-19H2,1H3,(H2,40,41)/b15-3-,42-20+. The van der Waals surface area contributed by atoms with Crippen molar-refractivity contribution in [2.75, 3.05) is 17.3 Å². The third-order valence-electron chi connectivity index (χ3n) is 9.42. The Morgan fingerprint density at radius 3 is 2.76 bits per heavy atom. The summed E-state index contributed by atoms with van der Waals surface area (Å²) in [5.74, 6) is 1.40. The Labute approximate surface area is 282 Å². The monoisotopic (exact) mass is 669 g/mol. The molecule has 3 N–H and O–H groups in total. The van der Waals surface area contributed by atoms with Crippen LogP contribution < -0.4 is 16.1 Å². The second-order valence-electron chi connectivity index (χ2n) is 12.8. The number of rotatable bonds is 10. The van der Waals surface area contributed by atoms with Gasteiger partial charge in [0.25, 0.3) is 6.43 Å². The Bertz CT molecular complexity index is 1940.